The normalized spacial score (nSPS) is 12.8. The summed E-state index contributed by atoms with van der Waals surface area (Å²) in [5, 5.41) is 2.48. The third kappa shape index (κ3) is 9.05. The smallest absolute Gasteiger partial charge is 0.0537 e. The van der Waals surface area contributed by atoms with E-state index < -0.39 is 0 Å². The number of allylic oxidation sites excluding steroid dienone is 5. The summed E-state index contributed by atoms with van der Waals surface area (Å²) in [5.74, 6) is 0.0275. The van der Waals surface area contributed by atoms with Crippen LogP contribution < -0.4 is 4.90 Å². The van der Waals surface area contributed by atoms with Gasteiger partial charge < -0.3 is 9.47 Å². The molecule has 2 nitrogen and oxygen atoms in total. The first kappa shape index (κ1) is 44.8. The van der Waals surface area contributed by atoms with E-state index in [1.165, 1.54) is 83.4 Å². The monoisotopic (exact) mass is 912 g/mol. The van der Waals surface area contributed by atoms with Crippen LogP contribution in [0.1, 0.15) is 55.1 Å². The van der Waals surface area contributed by atoms with Gasteiger partial charge >= 0.3 is 0 Å². The molecule has 1 aliphatic rings. The average Bonchev–Trinajstić information content (AvgIpc) is 3.78. The summed E-state index contributed by atoms with van der Waals surface area (Å²) in [4.78, 5) is 2.41. The Bertz CT molecular complexity index is 3530. The standard InChI is InChI=1S/C69H56N2/c1-4-21-67-68(69(55-27-14-8-15-28-55)66(5-2)71(67)62-31-16-9-17-32-62)49(3)56-30-20-33-65(48-56)70(63-40-36-53(37-41-63)58-35-34-52-26-18-19-29-57(52)44-58)64-42-38-54(39-43-64)61-46-59(50-22-10-6-11-23-50)45-60(47-61)51-24-12-7-13-25-51/h4-8,10-16,18-49H,2,9,17H2,1,3H3/b21-4-. The van der Waals surface area contributed by atoms with E-state index in [1.807, 2.05) is 6.08 Å². The summed E-state index contributed by atoms with van der Waals surface area (Å²) in [6, 6.07) is 81.8. The van der Waals surface area contributed by atoms with Crippen molar-refractivity contribution in [2.24, 2.45) is 0 Å². The molecule has 0 spiro atoms. The van der Waals surface area contributed by atoms with E-state index in [-0.39, 0.29) is 5.92 Å². The fourth-order valence-corrected chi connectivity index (χ4v) is 10.4. The van der Waals surface area contributed by atoms with Crippen LogP contribution in [0.25, 0.3) is 84.3 Å². The highest BCUT2D eigenvalue weighted by atomic mass is 15.1. The van der Waals surface area contributed by atoms with E-state index in [9.17, 15) is 0 Å². The third-order valence-electron chi connectivity index (χ3n) is 14.0. The third-order valence-corrected chi connectivity index (χ3v) is 14.0. The van der Waals surface area contributed by atoms with E-state index in [0.29, 0.717) is 0 Å². The van der Waals surface area contributed by atoms with Gasteiger partial charge in [-0.25, -0.2) is 0 Å². The molecule has 1 atom stereocenters. The van der Waals surface area contributed by atoms with Crippen LogP contribution in [0.15, 0.2) is 255 Å². The van der Waals surface area contributed by atoms with Crippen molar-refractivity contribution in [3.63, 3.8) is 0 Å². The van der Waals surface area contributed by atoms with Crippen molar-refractivity contribution in [2.45, 2.75) is 32.6 Å². The molecule has 1 aliphatic carbocycles. The molecule has 1 aromatic heterocycles. The van der Waals surface area contributed by atoms with E-state index in [0.717, 1.165) is 41.2 Å². The zero-order chi connectivity index (χ0) is 48.1. The van der Waals surface area contributed by atoms with Crippen molar-refractivity contribution >= 4 is 45.7 Å². The molecule has 0 bridgehead atoms. The fraction of sp³-hybridized carbons (Fsp3) is 0.0725. The molecule has 1 heterocycles. The second-order valence-corrected chi connectivity index (χ2v) is 18.4. The van der Waals surface area contributed by atoms with E-state index in [4.69, 9.17) is 0 Å². The number of fused-ring (bicyclic) bond motifs is 1. The molecular formula is C69H56N2. The van der Waals surface area contributed by atoms with Crippen molar-refractivity contribution in [1.29, 1.82) is 0 Å². The summed E-state index contributed by atoms with van der Waals surface area (Å²) in [7, 11) is 0. The summed E-state index contributed by atoms with van der Waals surface area (Å²) < 4.78 is 2.42. The highest BCUT2D eigenvalue weighted by molar-refractivity contribution is 5.90. The molecule has 10 aromatic rings. The molecule has 1 unspecified atom stereocenters. The molecule has 0 radical (unpaired) electrons. The maximum absolute atomic E-state index is 4.42. The van der Waals surface area contributed by atoms with Crippen LogP contribution in [-0.2, 0) is 0 Å². The molecule has 11 rings (SSSR count). The minimum Gasteiger partial charge on any atom is -0.310 e. The zero-order valence-electron chi connectivity index (χ0n) is 40.4. The van der Waals surface area contributed by atoms with Gasteiger partial charge in [-0.05, 0) is 171 Å². The molecular weight excluding hydrogens is 857 g/mol. The second kappa shape index (κ2) is 20.1. The summed E-state index contributed by atoms with van der Waals surface area (Å²) in [6.45, 7) is 8.90. The van der Waals surface area contributed by atoms with Gasteiger partial charge in [-0.15, -0.1) is 0 Å². The Labute approximate surface area is 419 Å². The first-order valence-electron chi connectivity index (χ1n) is 24.9. The number of hydrogen-bond acceptors (Lipinski definition) is 1. The molecule has 0 amide bonds. The van der Waals surface area contributed by atoms with Crippen LogP contribution in [-0.4, -0.2) is 4.57 Å². The Kier molecular flexibility index (Phi) is 12.7. The lowest BCUT2D eigenvalue weighted by Gasteiger charge is -2.27. The fourth-order valence-electron chi connectivity index (χ4n) is 10.4. The molecule has 0 N–H and O–H groups in total. The zero-order valence-corrected chi connectivity index (χ0v) is 40.4. The second-order valence-electron chi connectivity index (χ2n) is 18.4. The van der Waals surface area contributed by atoms with Crippen molar-refractivity contribution in [3.05, 3.63) is 278 Å². The highest BCUT2D eigenvalue weighted by Gasteiger charge is 2.28. The van der Waals surface area contributed by atoms with Gasteiger partial charge in [0, 0.05) is 34.2 Å². The van der Waals surface area contributed by atoms with Crippen molar-refractivity contribution in [3.8, 4) is 55.6 Å². The number of rotatable bonds is 13. The Morgan fingerprint density at radius 3 is 1.56 bits per heavy atom. The molecule has 0 saturated carbocycles. The van der Waals surface area contributed by atoms with Gasteiger partial charge in [0.05, 0.1) is 11.4 Å². The summed E-state index contributed by atoms with van der Waals surface area (Å²) in [6.07, 6.45) is 15.5. The first-order valence-corrected chi connectivity index (χ1v) is 24.9. The lowest BCUT2D eigenvalue weighted by molar-refractivity contribution is 0.911. The van der Waals surface area contributed by atoms with Gasteiger partial charge in [0.25, 0.3) is 0 Å². The summed E-state index contributed by atoms with van der Waals surface area (Å²) >= 11 is 0. The number of benzene rings is 9. The predicted octanol–water partition coefficient (Wildman–Crippen LogP) is 19.5. The van der Waals surface area contributed by atoms with Crippen LogP contribution in [0, 0.1) is 0 Å². The Balaban J connectivity index is 1.04. The number of anilines is 3. The average molecular weight is 913 g/mol. The number of nitrogens with zero attached hydrogens (tertiary/aromatic N) is 2. The Morgan fingerprint density at radius 2 is 1.00 bits per heavy atom. The molecule has 0 fully saturated rings. The number of aromatic nitrogens is 1. The molecule has 9 aromatic carbocycles. The molecule has 0 saturated heterocycles. The maximum atomic E-state index is 4.42. The molecule has 2 heteroatoms. The maximum Gasteiger partial charge on any atom is 0.0537 e. The van der Waals surface area contributed by atoms with Crippen LogP contribution >= 0.6 is 0 Å². The quantitative estimate of drug-likeness (QED) is 0.112. The van der Waals surface area contributed by atoms with Crippen molar-refractivity contribution in [1.82, 2.24) is 4.57 Å². The van der Waals surface area contributed by atoms with Crippen LogP contribution in [0.3, 0.4) is 0 Å². The van der Waals surface area contributed by atoms with Crippen LogP contribution in [0.4, 0.5) is 17.1 Å². The Morgan fingerprint density at radius 1 is 0.465 bits per heavy atom. The van der Waals surface area contributed by atoms with Gasteiger partial charge in [-0.3, -0.25) is 0 Å². The number of hydrogen-bond donors (Lipinski definition) is 0. The van der Waals surface area contributed by atoms with E-state index in [1.54, 1.807) is 0 Å². The minimum absolute atomic E-state index is 0.0275. The molecule has 342 valence electrons. The Hall–Kier alpha value is -8.72. The molecule has 71 heavy (non-hydrogen) atoms. The first-order chi connectivity index (χ1) is 35.0. The molecule has 0 aliphatic heterocycles. The van der Waals surface area contributed by atoms with Gasteiger partial charge in [0.15, 0.2) is 0 Å². The largest absolute Gasteiger partial charge is 0.310 e. The highest BCUT2D eigenvalue weighted by Crippen LogP contribution is 2.45. The lowest BCUT2D eigenvalue weighted by Crippen LogP contribution is -2.11. The van der Waals surface area contributed by atoms with Gasteiger partial charge in [-0.2, -0.15) is 0 Å². The summed E-state index contributed by atoms with van der Waals surface area (Å²) in [5.41, 5.74) is 21.1. The predicted molar refractivity (Wildman–Crippen MR) is 305 cm³/mol. The topological polar surface area (TPSA) is 8.17 Å². The van der Waals surface area contributed by atoms with Gasteiger partial charge in [0.1, 0.15) is 0 Å². The van der Waals surface area contributed by atoms with Gasteiger partial charge in [0.2, 0.25) is 0 Å². The van der Waals surface area contributed by atoms with Crippen molar-refractivity contribution < 1.29 is 0 Å². The van der Waals surface area contributed by atoms with E-state index >= 15 is 0 Å². The SMILES string of the molecule is C=Cc1c(-c2ccccc2)c(C(C)c2cccc(N(c3ccc(-c4cc(-c5ccccc5)cc(-c5ccccc5)c4)cc3)c3ccc(-c4ccc5ccccc5c4)cc3)c2)c(/C=C\C)n1C1=CCCC=C1. The van der Waals surface area contributed by atoms with E-state index in [2.05, 4.69) is 285 Å². The van der Waals surface area contributed by atoms with Crippen molar-refractivity contribution in [2.75, 3.05) is 4.90 Å². The lowest BCUT2D eigenvalue weighted by atomic mass is 9.86. The minimum atomic E-state index is 0.0275. The van der Waals surface area contributed by atoms with Gasteiger partial charge in [-0.1, -0.05) is 196 Å². The van der Waals surface area contributed by atoms with Crippen LogP contribution in [0.5, 0.6) is 0 Å². The van der Waals surface area contributed by atoms with Crippen LogP contribution in [0.2, 0.25) is 0 Å².